The zero-order valence-corrected chi connectivity index (χ0v) is 10.3. The van der Waals surface area contributed by atoms with Crippen LogP contribution in [0.15, 0.2) is 18.2 Å². The van der Waals surface area contributed by atoms with Gasteiger partial charge >= 0.3 is 0 Å². The second-order valence-corrected chi connectivity index (χ2v) is 4.13. The average molecular weight is 264 g/mol. The molecular weight excluding hydrogens is 250 g/mol. The third kappa shape index (κ3) is 3.87. The van der Waals surface area contributed by atoms with Crippen LogP contribution in [-0.4, -0.2) is 25.1 Å². The van der Waals surface area contributed by atoms with Gasteiger partial charge < -0.3 is 24.7 Å². The summed E-state index contributed by atoms with van der Waals surface area (Å²) in [5.41, 5.74) is 0.600. The van der Waals surface area contributed by atoms with E-state index in [9.17, 15) is 14.7 Å². The number of fused-ring (bicyclic) bond motifs is 1. The molecular formula is C13H14NO5-. The van der Waals surface area contributed by atoms with Crippen LogP contribution < -0.4 is 19.9 Å². The van der Waals surface area contributed by atoms with Gasteiger partial charge in [-0.25, -0.2) is 0 Å². The summed E-state index contributed by atoms with van der Waals surface area (Å²) in [4.78, 5) is 21.8. The first-order valence-corrected chi connectivity index (χ1v) is 6.04. The Kier molecular flexibility index (Phi) is 4.22. The fraction of sp³-hybridized carbons (Fsp3) is 0.385. The van der Waals surface area contributed by atoms with Crippen molar-refractivity contribution >= 4 is 17.6 Å². The van der Waals surface area contributed by atoms with E-state index in [2.05, 4.69) is 5.32 Å². The molecule has 0 aromatic heterocycles. The molecule has 102 valence electrons. The number of ether oxygens (including phenoxy) is 2. The number of carboxylic acid groups (broad SMARTS) is 1. The summed E-state index contributed by atoms with van der Waals surface area (Å²) in [5, 5.41) is 12.9. The quantitative estimate of drug-likeness (QED) is 0.827. The number of hydrogen-bond acceptors (Lipinski definition) is 5. The lowest BCUT2D eigenvalue weighted by molar-refractivity contribution is -0.305. The fourth-order valence-corrected chi connectivity index (χ4v) is 1.74. The highest BCUT2D eigenvalue weighted by Crippen LogP contribution is 2.32. The molecule has 1 aromatic carbocycles. The highest BCUT2D eigenvalue weighted by molar-refractivity contribution is 5.91. The maximum atomic E-state index is 11.6. The zero-order valence-electron chi connectivity index (χ0n) is 10.3. The first-order chi connectivity index (χ1) is 9.15. The lowest BCUT2D eigenvalue weighted by Crippen LogP contribution is -2.22. The Morgan fingerprint density at radius 1 is 1.16 bits per heavy atom. The van der Waals surface area contributed by atoms with Crippen LogP contribution in [0, 0.1) is 0 Å². The SMILES string of the molecule is O=C([O-])CCCC(=O)Nc1ccc2c(c1)OCCO2. The Bertz CT molecular complexity index is 486. The minimum atomic E-state index is -1.15. The molecule has 0 radical (unpaired) electrons. The summed E-state index contributed by atoms with van der Waals surface area (Å²) >= 11 is 0. The predicted octanol–water partition coefficient (Wildman–Crippen LogP) is 0.316. The van der Waals surface area contributed by atoms with Crippen LogP contribution in [-0.2, 0) is 9.59 Å². The van der Waals surface area contributed by atoms with Gasteiger partial charge in [-0.3, -0.25) is 4.79 Å². The van der Waals surface area contributed by atoms with E-state index in [0.29, 0.717) is 30.4 Å². The molecule has 0 fully saturated rings. The molecule has 19 heavy (non-hydrogen) atoms. The van der Waals surface area contributed by atoms with Crippen LogP contribution in [0.3, 0.4) is 0 Å². The third-order valence-electron chi connectivity index (χ3n) is 2.61. The van der Waals surface area contributed by atoms with E-state index in [-0.39, 0.29) is 25.2 Å². The van der Waals surface area contributed by atoms with Crippen LogP contribution in [0.25, 0.3) is 0 Å². The molecule has 2 rings (SSSR count). The van der Waals surface area contributed by atoms with Crippen molar-refractivity contribution in [1.29, 1.82) is 0 Å². The molecule has 0 aliphatic carbocycles. The Morgan fingerprint density at radius 2 is 1.89 bits per heavy atom. The first kappa shape index (κ1) is 13.2. The van der Waals surface area contributed by atoms with Crippen molar-refractivity contribution in [3.63, 3.8) is 0 Å². The second kappa shape index (κ2) is 6.08. The molecule has 1 aliphatic heterocycles. The molecule has 0 saturated heterocycles. The van der Waals surface area contributed by atoms with Crippen LogP contribution in [0.1, 0.15) is 19.3 Å². The Morgan fingerprint density at radius 3 is 2.63 bits per heavy atom. The van der Waals surface area contributed by atoms with Gasteiger partial charge in [0.05, 0.1) is 0 Å². The van der Waals surface area contributed by atoms with Crippen LogP contribution in [0.2, 0.25) is 0 Å². The van der Waals surface area contributed by atoms with Crippen LogP contribution in [0.4, 0.5) is 5.69 Å². The highest BCUT2D eigenvalue weighted by Gasteiger charge is 2.12. The van der Waals surface area contributed by atoms with E-state index in [1.807, 2.05) is 0 Å². The van der Waals surface area contributed by atoms with E-state index in [1.165, 1.54) is 0 Å². The van der Waals surface area contributed by atoms with E-state index in [4.69, 9.17) is 9.47 Å². The summed E-state index contributed by atoms with van der Waals surface area (Å²) in [6, 6.07) is 5.13. The molecule has 1 aromatic rings. The normalized spacial score (nSPS) is 12.8. The van der Waals surface area contributed by atoms with Crippen molar-refractivity contribution in [2.75, 3.05) is 18.5 Å². The van der Waals surface area contributed by atoms with Gasteiger partial charge in [-0.2, -0.15) is 0 Å². The third-order valence-corrected chi connectivity index (χ3v) is 2.61. The maximum absolute atomic E-state index is 11.6. The number of carboxylic acids is 1. The number of amides is 1. The number of nitrogens with one attached hydrogen (secondary N) is 1. The summed E-state index contributed by atoms with van der Waals surface area (Å²) in [5.74, 6) is -0.134. The van der Waals surface area contributed by atoms with E-state index < -0.39 is 5.97 Å². The van der Waals surface area contributed by atoms with E-state index in [0.717, 1.165) is 0 Å². The molecule has 1 aliphatic rings. The lowest BCUT2D eigenvalue weighted by Gasteiger charge is -2.19. The molecule has 0 bridgehead atoms. The molecule has 6 heteroatoms. The van der Waals surface area contributed by atoms with Gasteiger partial charge in [-0.15, -0.1) is 0 Å². The largest absolute Gasteiger partial charge is 0.550 e. The number of anilines is 1. The predicted molar refractivity (Wildman–Crippen MR) is 64.9 cm³/mol. The smallest absolute Gasteiger partial charge is 0.224 e. The second-order valence-electron chi connectivity index (χ2n) is 4.13. The Balaban J connectivity index is 1.88. The van der Waals surface area contributed by atoms with Crippen molar-refractivity contribution in [3.05, 3.63) is 18.2 Å². The number of carbonyl (C=O) groups is 2. The summed E-state index contributed by atoms with van der Waals surface area (Å²) < 4.78 is 10.8. The molecule has 0 saturated carbocycles. The molecule has 1 N–H and O–H groups in total. The minimum absolute atomic E-state index is 0.117. The summed E-state index contributed by atoms with van der Waals surface area (Å²) in [7, 11) is 0. The number of rotatable bonds is 5. The van der Waals surface area contributed by atoms with Crippen molar-refractivity contribution in [1.82, 2.24) is 0 Å². The van der Waals surface area contributed by atoms with Gasteiger partial charge in [0.1, 0.15) is 13.2 Å². The molecule has 6 nitrogen and oxygen atoms in total. The van der Waals surface area contributed by atoms with Crippen molar-refractivity contribution < 1.29 is 24.2 Å². The van der Waals surface area contributed by atoms with E-state index in [1.54, 1.807) is 18.2 Å². The highest BCUT2D eigenvalue weighted by atomic mass is 16.6. The molecule has 0 atom stereocenters. The zero-order chi connectivity index (χ0) is 13.7. The molecule has 0 unspecified atom stereocenters. The van der Waals surface area contributed by atoms with E-state index >= 15 is 0 Å². The lowest BCUT2D eigenvalue weighted by atomic mass is 10.2. The topological polar surface area (TPSA) is 87.7 Å². The molecule has 1 amide bonds. The fourth-order valence-electron chi connectivity index (χ4n) is 1.74. The maximum Gasteiger partial charge on any atom is 0.224 e. The van der Waals surface area contributed by atoms with Gasteiger partial charge in [0.2, 0.25) is 5.91 Å². The number of benzene rings is 1. The standard InChI is InChI=1S/C13H15NO5/c15-12(2-1-3-13(16)17)14-9-4-5-10-11(8-9)19-7-6-18-10/h4-5,8H,1-3,6-7H2,(H,14,15)(H,16,17)/p-1. The average Bonchev–Trinajstić information content (AvgIpc) is 2.38. The van der Waals surface area contributed by atoms with Gasteiger partial charge in [-0.05, 0) is 25.0 Å². The minimum Gasteiger partial charge on any atom is -0.550 e. The monoisotopic (exact) mass is 264 g/mol. The van der Waals surface area contributed by atoms with Crippen molar-refractivity contribution in [2.24, 2.45) is 0 Å². The van der Waals surface area contributed by atoms with Gasteiger partial charge in [0, 0.05) is 24.1 Å². The van der Waals surface area contributed by atoms with Crippen molar-refractivity contribution in [3.8, 4) is 11.5 Å². The number of hydrogen-bond donors (Lipinski definition) is 1. The van der Waals surface area contributed by atoms with Crippen molar-refractivity contribution in [2.45, 2.75) is 19.3 Å². The van der Waals surface area contributed by atoms with Gasteiger partial charge in [0.25, 0.3) is 0 Å². The van der Waals surface area contributed by atoms with Gasteiger partial charge in [0.15, 0.2) is 11.5 Å². The van der Waals surface area contributed by atoms with Gasteiger partial charge in [-0.1, -0.05) is 0 Å². The van der Waals surface area contributed by atoms with Crippen LogP contribution in [0.5, 0.6) is 11.5 Å². The molecule has 0 spiro atoms. The Hall–Kier alpha value is -2.24. The number of aliphatic carboxylic acids is 1. The Labute approximate surface area is 110 Å². The summed E-state index contributed by atoms with van der Waals surface area (Å²) in [6.45, 7) is 0.998. The first-order valence-electron chi connectivity index (χ1n) is 6.04. The summed E-state index contributed by atoms with van der Waals surface area (Å²) in [6.07, 6.45) is 0.287. The number of carbonyl (C=O) groups excluding carboxylic acids is 2. The molecule has 1 heterocycles. The van der Waals surface area contributed by atoms with Crippen LogP contribution >= 0.6 is 0 Å².